The van der Waals surface area contributed by atoms with Crippen LogP contribution in [-0.4, -0.2) is 9.97 Å². The van der Waals surface area contributed by atoms with Crippen LogP contribution in [0.25, 0.3) is 0 Å². The molecule has 0 aromatic carbocycles. The molecule has 5 heteroatoms. The van der Waals surface area contributed by atoms with E-state index in [0.717, 1.165) is 15.7 Å². The van der Waals surface area contributed by atoms with E-state index in [1.165, 1.54) is 0 Å². The van der Waals surface area contributed by atoms with Gasteiger partial charge in [-0.2, -0.15) is 0 Å². The van der Waals surface area contributed by atoms with Crippen LogP contribution < -0.4 is 0 Å². The van der Waals surface area contributed by atoms with Gasteiger partial charge in [-0.05, 0) is 34.9 Å². The van der Waals surface area contributed by atoms with Crippen molar-refractivity contribution >= 4 is 45.8 Å². The van der Waals surface area contributed by atoms with Crippen LogP contribution in [0.15, 0.2) is 0 Å². The van der Waals surface area contributed by atoms with E-state index in [1.807, 2.05) is 0 Å². The third-order valence-electron chi connectivity index (χ3n) is 1.65. The molecule has 1 heterocycles. The van der Waals surface area contributed by atoms with Gasteiger partial charge in [-0.1, -0.05) is 25.4 Å². The summed E-state index contributed by atoms with van der Waals surface area (Å²) in [6, 6.07) is 0. The van der Waals surface area contributed by atoms with Gasteiger partial charge in [0.15, 0.2) is 0 Å². The average Bonchev–Trinajstić information content (AvgIpc) is 2.11. The summed E-state index contributed by atoms with van der Waals surface area (Å²) in [7, 11) is 0. The third kappa shape index (κ3) is 3.21. The summed E-state index contributed by atoms with van der Waals surface area (Å²) in [5.41, 5.74) is 0.997. The van der Waals surface area contributed by atoms with E-state index in [0.29, 0.717) is 22.8 Å². The van der Waals surface area contributed by atoms with Crippen molar-refractivity contribution in [2.75, 3.05) is 0 Å². The lowest BCUT2D eigenvalue weighted by Crippen LogP contribution is -2.05. The minimum atomic E-state index is 0.307. The van der Waals surface area contributed by atoms with E-state index in [1.54, 1.807) is 0 Å². The summed E-state index contributed by atoms with van der Waals surface area (Å²) >= 11 is 13.8. The Morgan fingerprint density at radius 2 is 2.00 bits per heavy atom. The number of hydrogen-bond acceptors (Lipinski definition) is 2. The molecular weight excluding hydrogens is 334 g/mol. The molecule has 0 unspecified atom stereocenters. The van der Waals surface area contributed by atoms with Crippen molar-refractivity contribution in [2.24, 2.45) is 5.92 Å². The average molecular weight is 345 g/mol. The van der Waals surface area contributed by atoms with Crippen LogP contribution >= 0.6 is 45.8 Å². The first-order chi connectivity index (χ1) is 6.54. The van der Waals surface area contributed by atoms with Crippen LogP contribution in [0.4, 0.5) is 0 Å². The highest BCUT2D eigenvalue weighted by Gasteiger charge is 2.11. The van der Waals surface area contributed by atoms with E-state index in [2.05, 4.69) is 46.4 Å². The number of hydrogen-bond donors (Lipinski definition) is 0. The molecule has 0 atom stereocenters. The van der Waals surface area contributed by atoms with Crippen LogP contribution in [0.3, 0.4) is 0 Å². The highest BCUT2D eigenvalue weighted by Crippen LogP contribution is 2.21. The molecule has 0 spiro atoms. The molecule has 1 aromatic rings. The maximum Gasteiger partial charge on any atom is 0.146 e. The number of halogens is 3. The second-order valence-corrected chi connectivity index (χ2v) is 5.13. The molecule has 1 aromatic heterocycles. The summed E-state index contributed by atoms with van der Waals surface area (Å²) < 4.78 is 0.937. The Hall–Kier alpha value is 0.390. The van der Waals surface area contributed by atoms with Gasteiger partial charge in [0.25, 0.3) is 0 Å². The Kier molecular flexibility index (Phi) is 4.87. The first-order valence-electron chi connectivity index (χ1n) is 4.31. The van der Waals surface area contributed by atoms with Gasteiger partial charge in [-0.3, -0.25) is 0 Å². The smallest absolute Gasteiger partial charge is 0.146 e. The molecule has 2 nitrogen and oxygen atoms in total. The van der Waals surface area contributed by atoms with Crippen molar-refractivity contribution in [3.05, 3.63) is 20.2 Å². The van der Waals surface area contributed by atoms with Crippen LogP contribution in [0, 0.1) is 9.49 Å². The standard InChI is InChI=1S/C9H11Cl2IN2/c1-5(2)3-6-8(12)9(11)14-7(4-10)13-6/h5H,3-4H2,1-2H3. The molecule has 0 bridgehead atoms. The van der Waals surface area contributed by atoms with Gasteiger partial charge in [-0.15, -0.1) is 11.6 Å². The predicted molar refractivity (Wildman–Crippen MR) is 67.9 cm³/mol. The lowest BCUT2D eigenvalue weighted by Gasteiger charge is -2.08. The minimum Gasteiger partial charge on any atom is -0.235 e. The Balaban J connectivity index is 3.07. The molecular formula is C9H11Cl2IN2. The Morgan fingerprint density at radius 1 is 1.36 bits per heavy atom. The zero-order valence-electron chi connectivity index (χ0n) is 8.02. The van der Waals surface area contributed by atoms with E-state index in [9.17, 15) is 0 Å². The van der Waals surface area contributed by atoms with Crippen molar-refractivity contribution in [3.8, 4) is 0 Å². The van der Waals surface area contributed by atoms with Crippen molar-refractivity contribution in [1.82, 2.24) is 9.97 Å². The van der Waals surface area contributed by atoms with Gasteiger partial charge >= 0.3 is 0 Å². The maximum absolute atomic E-state index is 5.96. The van der Waals surface area contributed by atoms with Crippen LogP contribution in [0.2, 0.25) is 5.15 Å². The van der Waals surface area contributed by atoms with E-state index in [4.69, 9.17) is 23.2 Å². The molecule has 0 saturated heterocycles. The van der Waals surface area contributed by atoms with E-state index in [-0.39, 0.29) is 0 Å². The third-order valence-corrected chi connectivity index (χ3v) is 3.61. The van der Waals surface area contributed by atoms with Crippen LogP contribution in [0.5, 0.6) is 0 Å². The monoisotopic (exact) mass is 344 g/mol. The molecule has 0 N–H and O–H groups in total. The number of aromatic nitrogens is 2. The Bertz CT molecular complexity index is 329. The summed E-state index contributed by atoms with van der Waals surface area (Å²) in [5.74, 6) is 1.47. The molecule has 14 heavy (non-hydrogen) atoms. The summed E-state index contributed by atoms with van der Waals surface area (Å²) in [6.07, 6.45) is 0.907. The van der Waals surface area contributed by atoms with Gasteiger partial charge < -0.3 is 0 Å². The lowest BCUT2D eigenvalue weighted by atomic mass is 10.1. The predicted octanol–water partition coefficient (Wildman–Crippen LogP) is 3.67. The number of nitrogens with zero attached hydrogens (tertiary/aromatic N) is 2. The topological polar surface area (TPSA) is 25.8 Å². The first-order valence-corrected chi connectivity index (χ1v) is 6.30. The van der Waals surface area contributed by atoms with Gasteiger partial charge in [0.2, 0.25) is 0 Å². The second kappa shape index (κ2) is 5.47. The summed E-state index contributed by atoms with van der Waals surface area (Å²) in [6.45, 7) is 4.29. The SMILES string of the molecule is CC(C)Cc1nc(CCl)nc(Cl)c1I. The summed E-state index contributed by atoms with van der Waals surface area (Å²) in [5, 5.41) is 0.506. The molecule has 0 amide bonds. The maximum atomic E-state index is 5.96. The van der Waals surface area contributed by atoms with Crippen LogP contribution in [-0.2, 0) is 12.3 Å². The van der Waals surface area contributed by atoms with E-state index >= 15 is 0 Å². The van der Waals surface area contributed by atoms with Crippen molar-refractivity contribution in [3.63, 3.8) is 0 Å². The summed E-state index contributed by atoms with van der Waals surface area (Å²) in [4.78, 5) is 8.43. The van der Waals surface area contributed by atoms with Crippen molar-refractivity contribution in [1.29, 1.82) is 0 Å². The quantitative estimate of drug-likeness (QED) is 0.475. The van der Waals surface area contributed by atoms with Crippen molar-refractivity contribution in [2.45, 2.75) is 26.1 Å². The number of alkyl halides is 1. The highest BCUT2D eigenvalue weighted by atomic mass is 127. The van der Waals surface area contributed by atoms with Gasteiger partial charge in [0.05, 0.1) is 15.1 Å². The van der Waals surface area contributed by atoms with Gasteiger partial charge in [0.1, 0.15) is 11.0 Å². The molecule has 0 aliphatic heterocycles. The first kappa shape index (κ1) is 12.5. The molecule has 1 rings (SSSR count). The fourth-order valence-corrected chi connectivity index (χ4v) is 1.88. The highest BCUT2D eigenvalue weighted by molar-refractivity contribution is 14.1. The Morgan fingerprint density at radius 3 is 2.50 bits per heavy atom. The largest absolute Gasteiger partial charge is 0.235 e. The fourth-order valence-electron chi connectivity index (χ4n) is 1.09. The molecule has 0 aliphatic carbocycles. The second-order valence-electron chi connectivity index (χ2n) is 3.42. The number of rotatable bonds is 3. The lowest BCUT2D eigenvalue weighted by molar-refractivity contribution is 0.629. The molecule has 0 aliphatic rings. The molecule has 0 fully saturated rings. The van der Waals surface area contributed by atoms with Gasteiger partial charge in [0, 0.05) is 0 Å². The minimum absolute atomic E-state index is 0.307. The Labute approximate surface area is 108 Å². The zero-order chi connectivity index (χ0) is 10.7. The van der Waals surface area contributed by atoms with Crippen LogP contribution in [0.1, 0.15) is 25.4 Å². The van der Waals surface area contributed by atoms with Crippen molar-refractivity contribution < 1.29 is 0 Å². The van der Waals surface area contributed by atoms with Gasteiger partial charge in [-0.25, -0.2) is 9.97 Å². The zero-order valence-corrected chi connectivity index (χ0v) is 11.7. The normalized spacial score (nSPS) is 11.0. The molecule has 0 saturated carbocycles. The molecule has 78 valence electrons. The molecule has 0 radical (unpaired) electrons. The fraction of sp³-hybridized carbons (Fsp3) is 0.556. The van der Waals surface area contributed by atoms with E-state index < -0.39 is 0 Å².